The number of rotatable bonds is 8. The summed E-state index contributed by atoms with van der Waals surface area (Å²) in [5, 5.41) is 2.92. The second kappa shape index (κ2) is 8.66. The minimum absolute atomic E-state index is 0.0284. The molecular weight excluding hydrogens is 336 g/mol. The summed E-state index contributed by atoms with van der Waals surface area (Å²) in [6, 6.07) is 4.34. The average molecular weight is 361 g/mol. The van der Waals surface area contributed by atoms with Crippen molar-refractivity contribution in [3.05, 3.63) is 28.8 Å². The van der Waals surface area contributed by atoms with Crippen molar-refractivity contribution in [2.24, 2.45) is 5.92 Å². The summed E-state index contributed by atoms with van der Waals surface area (Å²) in [6.07, 6.45) is 0.865. The number of hydrogen-bond donors (Lipinski definition) is 1. The summed E-state index contributed by atoms with van der Waals surface area (Å²) in [7, 11) is -3.70. The van der Waals surface area contributed by atoms with Gasteiger partial charge in [-0.05, 0) is 30.5 Å². The number of sulfonamides is 1. The predicted octanol–water partition coefficient (Wildman–Crippen LogP) is 3.15. The molecule has 0 aliphatic rings. The van der Waals surface area contributed by atoms with Crippen molar-refractivity contribution in [2.75, 3.05) is 19.6 Å². The van der Waals surface area contributed by atoms with Crippen molar-refractivity contribution in [3.8, 4) is 0 Å². The first-order chi connectivity index (χ1) is 10.7. The van der Waals surface area contributed by atoms with Gasteiger partial charge in [0.25, 0.3) is 5.91 Å². The van der Waals surface area contributed by atoms with Gasteiger partial charge in [0.05, 0.1) is 5.02 Å². The Morgan fingerprint density at radius 1 is 1.26 bits per heavy atom. The van der Waals surface area contributed by atoms with Crippen LogP contribution in [0.3, 0.4) is 0 Å². The molecule has 0 radical (unpaired) electrons. The van der Waals surface area contributed by atoms with E-state index in [0.717, 1.165) is 6.42 Å². The van der Waals surface area contributed by atoms with Gasteiger partial charge in [-0.3, -0.25) is 4.79 Å². The smallest absolute Gasteiger partial charge is 0.251 e. The van der Waals surface area contributed by atoms with Crippen molar-refractivity contribution in [2.45, 2.75) is 39.0 Å². The lowest BCUT2D eigenvalue weighted by molar-refractivity contribution is 0.0952. The molecule has 0 heterocycles. The van der Waals surface area contributed by atoms with Crippen LogP contribution in [0.15, 0.2) is 23.1 Å². The third-order valence-corrected chi connectivity index (χ3v) is 6.06. The number of nitrogens with zero attached hydrogens (tertiary/aromatic N) is 1. The van der Waals surface area contributed by atoms with Crippen LogP contribution in [-0.4, -0.2) is 38.3 Å². The van der Waals surface area contributed by atoms with Crippen LogP contribution < -0.4 is 5.32 Å². The van der Waals surface area contributed by atoms with Crippen LogP contribution in [0.4, 0.5) is 0 Å². The molecule has 0 unspecified atom stereocenters. The Balaban J connectivity index is 3.06. The zero-order chi connectivity index (χ0) is 17.6. The molecule has 0 spiro atoms. The first kappa shape index (κ1) is 19.9. The van der Waals surface area contributed by atoms with Crippen LogP contribution in [0.2, 0.25) is 5.02 Å². The maximum Gasteiger partial charge on any atom is 0.251 e. The number of carbonyl (C=O) groups is 1. The molecular formula is C16H25ClN2O3S. The summed E-state index contributed by atoms with van der Waals surface area (Å²) in [6.45, 7) is 8.92. The highest BCUT2D eigenvalue weighted by atomic mass is 35.5. The van der Waals surface area contributed by atoms with E-state index in [4.69, 9.17) is 11.6 Å². The monoisotopic (exact) mass is 360 g/mol. The Labute approximate surface area is 144 Å². The van der Waals surface area contributed by atoms with Gasteiger partial charge in [0.1, 0.15) is 4.90 Å². The molecule has 0 bridgehead atoms. The predicted molar refractivity (Wildman–Crippen MR) is 93.3 cm³/mol. The maximum atomic E-state index is 12.6. The van der Waals surface area contributed by atoms with E-state index in [1.165, 1.54) is 22.5 Å². The number of halogens is 1. The van der Waals surface area contributed by atoms with Crippen LogP contribution in [-0.2, 0) is 10.0 Å². The van der Waals surface area contributed by atoms with Gasteiger partial charge in [-0.15, -0.1) is 0 Å². The normalized spacial score (nSPS) is 12.0. The maximum absolute atomic E-state index is 12.6. The minimum atomic E-state index is -3.70. The highest BCUT2D eigenvalue weighted by molar-refractivity contribution is 7.89. The van der Waals surface area contributed by atoms with Gasteiger partial charge in [0, 0.05) is 25.2 Å². The van der Waals surface area contributed by atoms with Crippen LogP contribution >= 0.6 is 11.6 Å². The zero-order valence-corrected chi connectivity index (χ0v) is 15.7. The van der Waals surface area contributed by atoms with Gasteiger partial charge >= 0.3 is 0 Å². The molecule has 1 amide bonds. The number of hydrogen-bond acceptors (Lipinski definition) is 3. The molecule has 0 saturated heterocycles. The van der Waals surface area contributed by atoms with Crippen LogP contribution in [0.1, 0.15) is 44.5 Å². The van der Waals surface area contributed by atoms with E-state index < -0.39 is 10.0 Å². The van der Waals surface area contributed by atoms with Crippen molar-refractivity contribution in [1.82, 2.24) is 9.62 Å². The first-order valence-corrected chi connectivity index (χ1v) is 9.63. The molecule has 23 heavy (non-hydrogen) atoms. The SMILES string of the molecule is CCN(CC)S(=O)(=O)c1cc(C(=O)NCCC(C)C)ccc1Cl. The number of benzene rings is 1. The van der Waals surface area contributed by atoms with E-state index in [1.54, 1.807) is 13.8 Å². The summed E-state index contributed by atoms with van der Waals surface area (Å²) in [4.78, 5) is 12.1. The highest BCUT2D eigenvalue weighted by Crippen LogP contribution is 2.25. The fraction of sp³-hybridized carbons (Fsp3) is 0.562. The van der Waals surface area contributed by atoms with Gasteiger partial charge in [0.2, 0.25) is 10.0 Å². The van der Waals surface area contributed by atoms with Crippen molar-refractivity contribution >= 4 is 27.5 Å². The second-order valence-corrected chi connectivity index (χ2v) is 7.99. The Hall–Kier alpha value is -1.11. The fourth-order valence-corrected chi connectivity index (χ4v) is 4.08. The van der Waals surface area contributed by atoms with E-state index in [2.05, 4.69) is 19.2 Å². The zero-order valence-electron chi connectivity index (χ0n) is 14.1. The van der Waals surface area contributed by atoms with E-state index in [9.17, 15) is 13.2 Å². The molecule has 0 aliphatic heterocycles. The number of nitrogens with one attached hydrogen (secondary N) is 1. The van der Waals surface area contributed by atoms with E-state index in [1.807, 2.05) is 0 Å². The second-order valence-electron chi connectivity index (χ2n) is 5.67. The number of amides is 1. The lowest BCUT2D eigenvalue weighted by Crippen LogP contribution is -2.31. The van der Waals surface area contributed by atoms with Crippen LogP contribution in [0, 0.1) is 5.92 Å². The molecule has 5 nitrogen and oxygen atoms in total. The highest BCUT2D eigenvalue weighted by Gasteiger charge is 2.25. The van der Waals surface area contributed by atoms with Gasteiger partial charge < -0.3 is 5.32 Å². The van der Waals surface area contributed by atoms with Crippen LogP contribution in [0.25, 0.3) is 0 Å². The molecule has 1 aromatic rings. The van der Waals surface area contributed by atoms with Gasteiger partial charge in [-0.1, -0.05) is 39.3 Å². The molecule has 0 saturated carbocycles. The molecule has 0 aliphatic carbocycles. The molecule has 1 N–H and O–H groups in total. The largest absolute Gasteiger partial charge is 0.352 e. The molecule has 1 rings (SSSR count). The average Bonchev–Trinajstić information content (AvgIpc) is 2.47. The topological polar surface area (TPSA) is 66.5 Å². The Morgan fingerprint density at radius 2 is 1.87 bits per heavy atom. The Bertz CT molecular complexity index is 641. The van der Waals surface area contributed by atoms with Crippen molar-refractivity contribution in [1.29, 1.82) is 0 Å². The molecule has 7 heteroatoms. The van der Waals surface area contributed by atoms with Crippen LogP contribution in [0.5, 0.6) is 0 Å². The third kappa shape index (κ3) is 5.19. The molecule has 0 atom stereocenters. The number of carbonyl (C=O) groups excluding carboxylic acids is 1. The molecule has 130 valence electrons. The standard InChI is InChI=1S/C16H25ClN2O3S/c1-5-19(6-2)23(21,22)15-11-13(7-8-14(15)17)16(20)18-10-9-12(3)4/h7-8,11-12H,5-6,9-10H2,1-4H3,(H,18,20). The fourth-order valence-electron chi connectivity index (χ4n) is 2.12. The lowest BCUT2D eigenvalue weighted by Gasteiger charge is -2.19. The molecule has 0 fully saturated rings. The summed E-state index contributed by atoms with van der Waals surface area (Å²) < 4.78 is 26.5. The van der Waals surface area contributed by atoms with Crippen molar-refractivity contribution < 1.29 is 13.2 Å². The van der Waals surface area contributed by atoms with Crippen molar-refractivity contribution in [3.63, 3.8) is 0 Å². The quantitative estimate of drug-likeness (QED) is 0.774. The lowest BCUT2D eigenvalue weighted by atomic mass is 10.1. The van der Waals surface area contributed by atoms with E-state index >= 15 is 0 Å². The van der Waals surface area contributed by atoms with E-state index in [-0.39, 0.29) is 15.8 Å². The molecule has 1 aromatic carbocycles. The summed E-state index contributed by atoms with van der Waals surface area (Å²) in [5.41, 5.74) is 0.295. The van der Waals surface area contributed by atoms with E-state index in [0.29, 0.717) is 31.1 Å². The Morgan fingerprint density at radius 3 is 2.39 bits per heavy atom. The van der Waals surface area contributed by atoms with Gasteiger partial charge in [0.15, 0.2) is 0 Å². The van der Waals surface area contributed by atoms with Gasteiger partial charge in [-0.2, -0.15) is 4.31 Å². The first-order valence-electron chi connectivity index (χ1n) is 7.81. The Kier molecular flexibility index (Phi) is 7.51. The molecule has 0 aromatic heterocycles. The summed E-state index contributed by atoms with van der Waals surface area (Å²) in [5.74, 6) is 0.192. The summed E-state index contributed by atoms with van der Waals surface area (Å²) >= 11 is 6.05. The van der Waals surface area contributed by atoms with Gasteiger partial charge in [-0.25, -0.2) is 8.42 Å². The minimum Gasteiger partial charge on any atom is -0.352 e. The third-order valence-electron chi connectivity index (χ3n) is 3.52.